The predicted octanol–water partition coefficient (Wildman–Crippen LogP) is 12.8. The van der Waals surface area contributed by atoms with Crippen molar-refractivity contribution in [2.75, 3.05) is 0 Å². The summed E-state index contributed by atoms with van der Waals surface area (Å²) in [6.07, 6.45) is 0. The first-order valence-electron chi connectivity index (χ1n) is 15.7. The molecule has 214 valence electrons. The van der Waals surface area contributed by atoms with Gasteiger partial charge in [0.15, 0.2) is 0 Å². The predicted molar refractivity (Wildman–Crippen MR) is 192 cm³/mol. The summed E-state index contributed by atoms with van der Waals surface area (Å²) in [6.45, 7) is 6.85. The second kappa shape index (κ2) is 9.36. The number of hydrogen-bond acceptors (Lipinski definition) is 0. The molecule has 0 saturated heterocycles. The minimum atomic E-state index is -0.192. The first-order chi connectivity index (χ1) is 21.9. The van der Waals surface area contributed by atoms with Crippen molar-refractivity contribution in [1.29, 1.82) is 0 Å². The van der Waals surface area contributed by atoms with Crippen LogP contribution in [0, 0.1) is 5.82 Å². The van der Waals surface area contributed by atoms with Crippen molar-refractivity contribution in [2.24, 2.45) is 0 Å². The molecule has 0 nitrogen and oxygen atoms in total. The van der Waals surface area contributed by atoms with Crippen LogP contribution in [0.15, 0.2) is 133 Å². The maximum Gasteiger partial charge on any atom is 0.131 e. The molecule has 0 atom stereocenters. The molecule has 0 spiro atoms. The molecule has 0 saturated carbocycles. The Morgan fingerprint density at radius 3 is 1.33 bits per heavy atom. The summed E-state index contributed by atoms with van der Waals surface area (Å²) in [5, 5.41) is 14.1. The molecule has 9 aromatic carbocycles. The average molecular weight is 579 g/mol. The Labute approximate surface area is 261 Å². The van der Waals surface area contributed by atoms with Crippen LogP contribution in [-0.2, 0) is 5.41 Å². The van der Waals surface area contributed by atoms with Crippen LogP contribution in [0.1, 0.15) is 26.3 Å². The molecule has 0 amide bonds. The first-order valence-corrected chi connectivity index (χ1v) is 15.7. The van der Waals surface area contributed by atoms with Crippen LogP contribution in [-0.4, -0.2) is 0 Å². The van der Waals surface area contributed by atoms with Crippen molar-refractivity contribution in [3.63, 3.8) is 0 Å². The summed E-state index contributed by atoms with van der Waals surface area (Å²) in [6, 6.07) is 47.4. The van der Waals surface area contributed by atoms with Gasteiger partial charge < -0.3 is 0 Å². The minimum absolute atomic E-state index is 0.0894. The first kappa shape index (κ1) is 26.2. The SMILES string of the molecule is CC(C)(C)c1cc2ccc3cc(-c4c5ccccc5c(-c5ccc(F)c6ccccc56)c5ccccc45)cc4ccc(c1)c2c34. The van der Waals surface area contributed by atoms with Gasteiger partial charge in [0.05, 0.1) is 0 Å². The molecular weight excluding hydrogens is 547 g/mol. The van der Waals surface area contributed by atoms with Crippen molar-refractivity contribution in [3.8, 4) is 22.3 Å². The molecule has 0 heterocycles. The molecule has 9 aromatic rings. The zero-order valence-electron chi connectivity index (χ0n) is 25.6. The van der Waals surface area contributed by atoms with E-state index in [2.05, 4.69) is 118 Å². The highest BCUT2D eigenvalue weighted by Crippen LogP contribution is 2.47. The lowest BCUT2D eigenvalue weighted by molar-refractivity contribution is 0.591. The number of hydrogen-bond donors (Lipinski definition) is 0. The highest BCUT2D eigenvalue weighted by Gasteiger charge is 2.21. The highest BCUT2D eigenvalue weighted by molar-refractivity contribution is 6.27. The summed E-state index contributed by atoms with van der Waals surface area (Å²) in [4.78, 5) is 0. The third-order valence-electron chi connectivity index (χ3n) is 9.76. The zero-order valence-corrected chi connectivity index (χ0v) is 25.6. The number of rotatable bonds is 2. The molecule has 0 aliphatic rings. The lowest BCUT2D eigenvalue weighted by Gasteiger charge is -2.22. The van der Waals surface area contributed by atoms with Gasteiger partial charge in [0.25, 0.3) is 0 Å². The smallest absolute Gasteiger partial charge is 0.131 e. The number of benzene rings is 9. The van der Waals surface area contributed by atoms with Gasteiger partial charge in [-0.25, -0.2) is 4.39 Å². The van der Waals surface area contributed by atoms with E-state index in [1.54, 1.807) is 6.07 Å². The average Bonchev–Trinajstić information content (AvgIpc) is 3.06. The van der Waals surface area contributed by atoms with Gasteiger partial charge in [-0.2, -0.15) is 0 Å². The molecule has 0 aliphatic carbocycles. The van der Waals surface area contributed by atoms with Crippen molar-refractivity contribution < 1.29 is 4.39 Å². The molecular formula is C44H31F. The molecule has 0 unspecified atom stereocenters. The van der Waals surface area contributed by atoms with Gasteiger partial charge >= 0.3 is 0 Å². The molecule has 0 bridgehead atoms. The molecule has 9 rings (SSSR count). The molecule has 0 fully saturated rings. The Bertz CT molecular complexity index is 2510. The summed E-state index contributed by atoms with van der Waals surface area (Å²) in [7, 11) is 0. The van der Waals surface area contributed by atoms with Crippen molar-refractivity contribution in [1.82, 2.24) is 0 Å². The Kier molecular flexibility index (Phi) is 5.44. The lowest BCUT2D eigenvalue weighted by Crippen LogP contribution is -2.10. The maximum atomic E-state index is 15.0. The summed E-state index contributed by atoms with van der Waals surface area (Å²) < 4.78 is 15.0. The van der Waals surface area contributed by atoms with Gasteiger partial charge in [0.1, 0.15) is 5.82 Å². The monoisotopic (exact) mass is 578 g/mol. The van der Waals surface area contributed by atoms with Crippen molar-refractivity contribution >= 4 is 64.6 Å². The van der Waals surface area contributed by atoms with Crippen LogP contribution >= 0.6 is 0 Å². The van der Waals surface area contributed by atoms with E-state index >= 15 is 0 Å². The van der Waals surface area contributed by atoms with Crippen LogP contribution < -0.4 is 0 Å². The van der Waals surface area contributed by atoms with Crippen LogP contribution in [0.2, 0.25) is 0 Å². The van der Waals surface area contributed by atoms with Gasteiger partial charge in [0.2, 0.25) is 0 Å². The van der Waals surface area contributed by atoms with E-state index < -0.39 is 0 Å². The van der Waals surface area contributed by atoms with Crippen LogP contribution in [0.3, 0.4) is 0 Å². The largest absolute Gasteiger partial charge is 0.206 e. The van der Waals surface area contributed by atoms with Gasteiger partial charge in [-0.05, 0) is 111 Å². The van der Waals surface area contributed by atoms with E-state index in [-0.39, 0.29) is 11.2 Å². The standard InChI is InChI=1S/C44H31F/c1-44(2,3)31-24-28-18-16-26-22-30(23-27-17-19-29(25-31)41(28)40(26)27)42-34-12-6-8-14-36(34)43(37-15-9-7-13-35(37)42)38-20-21-39(45)33-11-5-4-10-32(33)38/h4-25H,1-3H3. The van der Waals surface area contributed by atoms with E-state index in [0.29, 0.717) is 5.39 Å². The quantitative estimate of drug-likeness (QED) is 0.141. The molecule has 1 heteroatoms. The summed E-state index contributed by atoms with van der Waals surface area (Å²) in [5.74, 6) is -0.192. The summed E-state index contributed by atoms with van der Waals surface area (Å²) >= 11 is 0. The second-order valence-corrected chi connectivity index (χ2v) is 13.5. The Balaban J connectivity index is 1.37. The van der Waals surface area contributed by atoms with Crippen molar-refractivity contribution in [3.05, 3.63) is 145 Å². The van der Waals surface area contributed by atoms with E-state index in [1.807, 2.05) is 30.3 Å². The van der Waals surface area contributed by atoms with Crippen LogP contribution in [0.4, 0.5) is 4.39 Å². The molecule has 0 N–H and O–H groups in total. The van der Waals surface area contributed by atoms with Gasteiger partial charge in [-0.15, -0.1) is 0 Å². The third kappa shape index (κ3) is 3.83. The fourth-order valence-electron chi connectivity index (χ4n) is 7.62. The highest BCUT2D eigenvalue weighted by atomic mass is 19.1. The van der Waals surface area contributed by atoms with Gasteiger partial charge in [0, 0.05) is 5.39 Å². The molecule has 0 radical (unpaired) electrons. The molecule has 0 aliphatic heterocycles. The van der Waals surface area contributed by atoms with Gasteiger partial charge in [-0.3, -0.25) is 0 Å². The Morgan fingerprint density at radius 1 is 0.422 bits per heavy atom. The zero-order chi connectivity index (χ0) is 30.4. The van der Waals surface area contributed by atoms with Crippen LogP contribution in [0.5, 0.6) is 0 Å². The van der Waals surface area contributed by atoms with Gasteiger partial charge in [-0.1, -0.05) is 136 Å². The van der Waals surface area contributed by atoms with E-state index in [0.717, 1.165) is 16.5 Å². The second-order valence-electron chi connectivity index (χ2n) is 13.5. The molecule has 0 aromatic heterocycles. The fraction of sp³-hybridized carbons (Fsp3) is 0.0909. The van der Waals surface area contributed by atoms with Crippen molar-refractivity contribution in [2.45, 2.75) is 26.2 Å². The van der Waals surface area contributed by atoms with E-state index in [1.165, 1.54) is 70.6 Å². The lowest BCUT2D eigenvalue weighted by atomic mass is 9.82. The topological polar surface area (TPSA) is 0 Å². The normalized spacial score (nSPS) is 12.4. The van der Waals surface area contributed by atoms with E-state index in [4.69, 9.17) is 0 Å². The Morgan fingerprint density at radius 2 is 0.844 bits per heavy atom. The van der Waals surface area contributed by atoms with Crippen LogP contribution in [0.25, 0.3) is 86.9 Å². The third-order valence-corrected chi connectivity index (χ3v) is 9.76. The maximum absolute atomic E-state index is 15.0. The minimum Gasteiger partial charge on any atom is -0.206 e. The number of fused-ring (bicyclic) bond motifs is 3. The fourth-order valence-corrected chi connectivity index (χ4v) is 7.62. The summed E-state index contributed by atoms with van der Waals surface area (Å²) in [5.41, 5.74) is 6.09. The van der Waals surface area contributed by atoms with E-state index in [9.17, 15) is 4.39 Å². The molecule has 45 heavy (non-hydrogen) atoms. The number of halogens is 1. The Hall–Kier alpha value is -5.27.